The maximum absolute atomic E-state index is 13.6. The van der Waals surface area contributed by atoms with Gasteiger partial charge in [-0.2, -0.15) is 0 Å². The monoisotopic (exact) mass is 251 g/mol. The predicted molar refractivity (Wildman–Crippen MR) is 67.0 cm³/mol. The summed E-state index contributed by atoms with van der Waals surface area (Å²) in [5, 5.41) is 0. The number of hydrogen-bond donors (Lipinski definition) is 1. The number of rotatable bonds is 3. The molecule has 4 atom stereocenters. The summed E-state index contributed by atoms with van der Waals surface area (Å²) in [5.74, 6) is 0.570. The Bertz CT molecular complexity index is 446. The summed E-state index contributed by atoms with van der Waals surface area (Å²) in [5.41, 5.74) is 6.65. The largest absolute Gasteiger partial charge is 0.327 e. The minimum Gasteiger partial charge on any atom is -0.327 e. The fourth-order valence-corrected chi connectivity index (χ4v) is 3.93. The lowest BCUT2D eigenvalue weighted by Gasteiger charge is -2.27. The summed E-state index contributed by atoms with van der Waals surface area (Å²) in [4.78, 5) is 0. The van der Waals surface area contributed by atoms with Gasteiger partial charge < -0.3 is 5.73 Å². The lowest BCUT2D eigenvalue weighted by atomic mass is 9.81. The molecule has 2 aliphatic rings. The second-order valence-corrected chi connectivity index (χ2v) is 5.92. The first-order valence-electron chi connectivity index (χ1n) is 6.83. The molecule has 2 bridgehead atoms. The number of halogens is 2. The number of hydrogen-bond acceptors (Lipinski definition) is 1. The Morgan fingerprint density at radius 1 is 1.22 bits per heavy atom. The second-order valence-electron chi connectivity index (χ2n) is 5.92. The van der Waals surface area contributed by atoms with E-state index < -0.39 is 11.6 Å². The average molecular weight is 251 g/mol. The van der Waals surface area contributed by atoms with Crippen molar-refractivity contribution in [1.82, 2.24) is 0 Å². The van der Waals surface area contributed by atoms with Gasteiger partial charge >= 0.3 is 0 Å². The van der Waals surface area contributed by atoms with Crippen LogP contribution in [0.1, 0.15) is 31.2 Å². The number of nitrogens with two attached hydrogens (primary N) is 1. The van der Waals surface area contributed by atoms with Crippen LogP contribution in [0.2, 0.25) is 0 Å². The highest BCUT2D eigenvalue weighted by molar-refractivity contribution is 5.20. The first-order valence-corrected chi connectivity index (χ1v) is 6.83. The van der Waals surface area contributed by atoms with Gasteiger partial charge in [-0.3, -0.25) is 0 Å². The molecule has 0 heterocycles. The van der Waals surface area contributed by atoms with E-state index in [0.717, 1.165) is 17.9 Å². The van der Waals surface area contributed by atoms with Gasteiger partial charge in [-0.05, 0) is 55.1 Å². The predicted octanol–water partition coefficient (Wildman–Crippen LogP) is 3.27. The molecule has 2 saturated carbocycles. The summed E-state index contributed by atoms with van der Waals surface area (Å²) in [6, 6.07) is 4.32. The van der Waals surface area contributed by atoms with Gasteiger partial charge in [-0.15, -0.1) is 0 Å². The molecule has 0 radical (unpaired) electrons. The summed E-state index contributed by atoms with van der Waals surface area (Å²) in [6.07, 6.45) is 5.54. The molecule has 0 spiro atoms. The van der Waals surface area contributed by atoms with Crippen LogP contribution in [-0.2, 0) is 6.42 Å². The minimum absolute atomic E-state index is 0.0309. The SMILES string of the molecule is NC(Cc1cccc(F)c1F)C1CC2CCC1C2. The van der Waals surface area contributed by atoms with Crippen LogP contribution in [0.5, 0.6) is 0 Å². The molecule has 0 saturated heterocycles. The third-order valence-corrected chi connectivity index (χ3v) is 4.83. The van der Waals surface area contributed by atoms with E-state index in [1.54, 1.807) is 12.1 Å². The van der Waals surface area contributed by atoms with Crippen molar-refractivity contribution in [3.8, 4) is 0 Å². The Morgan fingerprint density at radius 3 is 2.72 bits per heavy atom. The highest BCUT2D eigenvalue weighted by Gasteiger charge is 2.42. The molecule has 2 fully saturated rings. The van der Waals surface area contributed by atoms with E-state index >= 15 is 0 Å². The Kier molecular flexibility index (Phi) is 3.10. The lowest BCUT2D eigenvalue weighted by molar-refractivity contribution is 0.278. The van der Waals surface area contributed by atoms with Crippen LogP contribution in [0.4, 0.5) is 8.78 Å². The number of fused-ring (bicyclic) bond motifs is 2. The molecular formula is C15H19F2N. The van der Waals surface area contributed by atoms with E-state index in [9.17, 15) is 8.78 Å². The van der Waals surface area contributed by atoms with Gasteiger partial charge in [0.15, 0.2) is 11.6 Å². The van der Waals surface area contributed by atoms with Gasteiger partial charge in [-0.25, -0.2) is 8.78 Å². The van der Waals surface area contributed by atoms with Crippen LogP contribution in [0, 0.1) is 29.4 Å². The molecule has 1 aromatic carbocycles. The Morgan fingerprint density at radius 2 is 2.06 bits per heavy atom. The van der Waals surface area contributed by atoms with Gasteiger partial charge in [0.25, 0.3) is 0 Å². The van der Waals surface area contributed by atoms with E-state index in [1.807, 2.05) is 0 Å². The molecule has 3 heteroatoms. The molecule has 2 aliphatic carbocycles. The Balaban J connectivity index is 1.71. The number of benzene rings is 1. The van der Waals surface area contributed by atoms with Gasteiger partial charge in [0, 0.05) is 6.04 Å². The zero-order valence-corrected chi connectivity index (χ0v) is 10.4. The fourth-order valence-electron chi connectivity index (χ4n) is 3.93. The first kappa shape index (κ1) is 12.1. The minimum atomic E-state index is -0.771. The zero-order valence-electron chi connectivity index (χ0n) is 10.4. The Labute approximate surface area is 106 Å². The molecule has 3 rings (SSSR count). The summed E-state index contributed by atoms with van der Waals surface area (Å²) < 4.78 is 26.7. The molecule has 0 aromatic heterocycles. The van der Waals surface area contributed by atoms with Gasteiger partial charge in [0.1, 0.15) is 0 Å². The molecule has 1 aromatic rings. The van der Waals surface area contributed by atoms with Crippen LogP contribution in [-0.4, -0.2) is 6.04 Å². The third-order valence-electron chi connectivity index (χ3n) is 4.83. The lowest BCUT2D eigenvalue weighted by Crippen LogP contribution is -2.35. The van der Waals surface area contributed by atoms with Crippen LogP contribution in [0.15, 0.2) is 18.2 Å². The third kappa shape index (κ3) is 2.05. The van der Waals surface area contributed by atoms with Gasteiger partial charge in [0.05, 0.1) is 0 Å². The summed E-state index contributed by atoms with van der Waals surface area (Å²) in [7, 11) is 0. The van der Waals surface area contributed by atoms with Crippen molar-refractivity contribution in [2.24, 2.45) is 23.5 Å². The van der Waals surface area contributed by atoms with Crippen molar-refractivity contribution in [2.45, 2.75) is 38.1 Å². The average Bonchev–Trinajstić information content (AvgIpc) is 2.97. The van der Waals surface area contributed by atoms with Crippen molar-refractivity contribution < 1.29 is 8.78 Å². The van der Waals surface area contributed by atoms with Crippen LogP contribution < -0.4 is 5.73 Å². The smallest absolute Gasteiger partial charge is 0.162 e. The Hall–Kier alpha value is -0.960. The summed E-state index contributed by atoms with van der Waals surface area (Å²) >= 11 is 0. The van der Waals surface area contributed by atoms with Crippen molar-refractivity contribution in [3.63, 3.8) is 0 Å². The first-order chi connectivity index (χ1) is 8.65. The molecule has 0 amide bonds. The molecule has 0 aliphatic heterocycles. The molecule has 18 heavy (non-hydrogen) atoms. The van der Waals surface area contributed by atoms with Crippen molar-refractivity contribution >= 4 is 0 Å². The van der Waals surface area contributed by atoms with E-state index in [2.05, 4.69) is 0 Å². The van der Waals surface area contributed by atoms with Crippen molar-refractivity contribution in [3.05, 3.63) is 35.4 Å². The standard InChI is InChI=1S/C15H19F2N/c16-13-3-1-2-11(15(13)17)8-14(18)12-7-9-4-5-10(12)6-9/h1-3,9-10,12,14H,4-8,18H2. The fraction of sp³-hybridized carbons (Fsp3) is 0.600. The van der Waals surface area contributed by atoms with E-state index in [1.165, 1.54) is 25.7 Å². The maximum atomic E-state index is 13.6. The molecular weight excluding hydrogens is 232 g/mol. The highest BCUT2D eigenvalue weighted by atomic mass is 19.2. The van der Waals surface area contributed by atoms with E-state index in [-0.39, 0.29) is 6.04 Å². The van der Waals surface area contributed by atoms with Gasteiger partial charge in [0.2, 0.25) is 0 Å². The topological polar surface area (TPSA) is 26.0 Å². The molecule has 2 N–H and O–H groups in total. The van der Waals surface area contributed by atoms with E-state index in [0.29, 0.717) is 17.9 Å². The maximum Gasteiger partial charge on any atom is 0.162 e. The summed E-state index contributed by atoms with van der Waals surface area (Å²) in [6.45, 7) is 0. The van der Waals surface area contributed by atoms with Crippen LogP contribution in [0.3, 0.4) is 0 Å². The normalized spacial score (nSPS) is 31.8. The second kappa shape index (κ2) is 4.61. The van der Waals surface area contributed by atoms with Gasteiger partial charge in [-0.1, -0.05) is 18.6 Å². The van der Waals surface area contributed by atoms with Crippen LogP contribution >= 0.6 is 0 Å². The van der Waals surface area contributed by atoms with Crippen molar-refractivity contribution in [2.75, 3.05) is 0 Å². The van der Waals surface area contributed by atoms with E-state index in [4.69, 9.17) is 5.73 Å². The van der Waals surface area contributed by atoms with Crippen LogP contribution in [0.25, 0.3) is 0 Å². The molecule has 4 unspecified atom stereocenters. The highest BCUT2D eigenvalue weighted by Crippen LogP contribution is 2.49. The quantitative estimate of drug-likeness (QED) is 0.876. The molecule has 98 valence electrons. The van der Waals surface area contributed by atoms with Crippen molar-refractivity contribution in [1.29, 1.82) is 0 Å². The zero-order chi connectivity index (χ0) is 12.7. The molecule has 1 nitrogen and oxygen atoms in total.